The van der Waals surface area contributed by atoms with Crippen LogP contribution in [0.3, 0.4) is 0 Å². The van der Waals surface area contributed by atoms with Crippen molar-refractivity contribution in [3.63, 3.8) is 0 Å². The second kappa shape index (κ2) is 6.67. The maximum absolute atomic E-state index is 11.5. The Balaban J connectivity index is 1.49. The Bertz CT molecular complexity index is 826. The molecule has 8 heteroatoms. The zero-order chi connectivity index (χ0) is 17.4. The fraction of sp³-hybridized carbons (Fsp3) is 0.529. The highest BCUT2D eigenvalue weighted by atomic mass is 32.2. The molecule has 2 aliphatic rings. The van der Waals surface area contributed by atoms with Gasteiger partial charge in [-0.2, -0.15) is 5.10 Å². The summed E-state index contributed by atoms with van der Waals surface area (Å²) in [5.41, 5.74) is 1.11. The molecule has 0 unspecified atom stereocenters. The average Bonchev–Trinajstić information content (AvgIpc) is 3.49. The van der Waals surface area contributed by atoms with Crippen molar-refractivity contribution >= 4 is 23.4 Å². The third-order valence-corrected chi connectivity index (χ3v) is 5.31. The van der Waals surface area contributed by atoms with Crippen molar-refractivity contribution in [3.8, 4) is 0 Å². The summed E-state index contributed by atoms with van der Waals surface area (Å²) >= 11 is 1.61. The van der Waals surface area contributed by atoms with Crippen molar-refractivity contribution in [2.45, 2.75) is 23.9 Å². The summed E-state index contributed by atoms with van der Waals surface area (Å²) in [4.78, 5) is 25.4. The minimum atomic E-state index is -0.0828. The number of aryl methyl sites for hydroxylation is 1. The SMILES string of the molecule is CSc1nc(C2CC2)cc(N2CCN(c3ccc(=O)n(C)n3)CC2)n1. The van der Waals surface area contributed by atoms with Gasteiger partial charge in [-0.25, -0.2) is 14.6 Å². The van der Waals surface area contributed by atoms with E-state index in [2.05, 4.69) is 25.9 Å². The molecular weight excluding hydrogens is 336 g/mol. The first kappa shape index (κ1) is 16.4. The van der Waals surface area contributed by atoms with E-state index in [4.69, 9.17) is 4.98 Å². The van der Waals surface area contributed by atoms with Gasteiger partial charge in [0.25, 0.3) is 5.56 Å². The van der Waals surface area contributed by atoms with E-state index in [9.17, 15) is 4.79 Å². The smallest absolute Gasteiger partial charge is 0.266 e. The van der Waals surface area contributed by atoms with E-state index < -0.39 is 0 Å². The highest BCUT2D eigenvalue weighted by Crippen LogP contribution is 2.40. The minimum absolute atomic E-state index is 0.0828. The number of hydrogen-bond donors (Lipinski definition) is 0. The molecule has 0 bridgehead atoms. The van der Waals surface area contributed by atoms with Crippen LogP contribution in [-0.2, 0) is 7.05 Å². The lowest BCUT2D eigenvalue weighted by atomic mass is 10.2. The summed E-state index contributed by atoms with van der Waals surface area (Å²) in [6, 6.07) is 5.54. The number of piperazine rings is 1. The van der Waals surface area contributed by atoms with Crippen LogP contribution in [0.15, 0.2) is 28.2 Å². The van der Waals surface area contributed by atoms with Gasteiger partial charge in [-0.3, -0.25) is 4.79 Å². The molecule has 25 heavy (non-hydrogen) atoms. The first-order chi connectivity index (χ1) is 12.1. The van der Waals surface area contributed by atoms with Crippen molar-refractivity contribution in [2.75, 3.05) is 42.2 Å². The lowest BCUT2D eigenvalue weighted by molar-refractivity contribution is 0.616. The molecule has 0 N–H and O–H groups in total. The summed E-state index contributed by atoms with van der Waals surface area (Å²) in [6.07, 6.45) is 4.52. The summed E-state index contributed by atoms with van der Waals surface area (Å²) in [6.45, 7) is 3.50. The van der Waals surface area contributed by atoms with E-state index in [-0.39, 0.29) is 5.56 Å². The summed E-state index contributed by atoms with van der Waals surface area (Å²) in [5, 5.41) is 5.21. The van der Waals surface area contributed by atoms with Crippen molar-refractivity contribution in [3.05, 3.63) is 34.2 Å². The quantitative estimate of drug-likeness (QED) is 0.606. The lowest BCUT2D eigenvalue weighted by Gasteiger charge is -2.36. The normalized spacial score (nSPS) is 17.8. The van der Waals surface area contributed by atoms with Crippen molar-refractivity contribution in [1.29, 1.82) is 0 Å². The van der Waals surface area contributed by atoms with Gasteiger partial charge in [0.05, 0.1) is 5.69 Å². The van der Waals surface area contributed by atoms with Crippen LogP contribution in [0.5, 0.6) is 0 Å². The third kappa shape index (κ3) is 3.49. The van der Waals surface area contributed by atoms with Gasteiger partial charge < -0.3 is 9.80 Å². The van der Waals surface area contributed by atoms with Crippen LogP contribution in [0, 0.1) is 0 Å². The molecule has 0 atom stereocenters. The number of nitrogens with zero attached hydrogens (tertiary/aromatic N) is 6. The van der Waals surface area contributed by atoms with E-state index in [0.717, 1.165) is 43.0 Å². The standard InChI is InChI=1S/C17H22N6OS/c1-21-16(24)6-5-14(20-21)22-7-9-23(10-8-22)15-11-13(12-3-4-12)18-17(19-15)25-2/h5-6,11-12H,3-4,7-10H2,1-2H3. The van der Waals surface area contributed by atoms with E-state index in [1.54, 1.807) is 30.9 Å². The molecule has 2 aromatic heterocycles. The molecule has 2 aromatic rings. The number of hydrogen-bond acceptors (Lipinski definition) is 7. The minimum Gasteiger partial charge on any atom is -0.353 e. The molecule has 0 spiro atoms. The molecule has 1 aliphatic heterocycles. The molecular formula is C17H22N6OS. The molecule has 3 heterocycles. The Morgan fingerprint density at radius 2 is 1.72 bits per heavy atom. The van der Waals surface area contributed by atoms with Crippen LogP contribution >= 0.6 is 11.8 Å². The van der Waals surface area contributed by atoms with Gasteiger partial charge >= 0.3 is 0 Å². The molecule has 132 valence electrons. The fourth-order valence-electron chi connectivity index (χ4n) is 3.10. The van der Waals surface area contributed by atoms with Crippen molar-refractivity contribution < 1.29 is 0 Å². The van der Waals surface area contributed by atoms with Gasteiger partial charge in [0.2, 0.25) is 0 Å². The van der Waals surface area contributed by atoms with E-state index >= 15 is 0 Å². The second-order valence-electron chi connectivity index (χ2n) is 6.54. The summed E-state index contributed by atoms with van der Waals surface area (Å²) in [5.74, 6) is 2.52. The van der Waals surface area contributed by atoms with E-state index in [1.807, 2.05) is 6.26 Å². The molecule has 4 rings (SSSR count). The molecule has 0 amide bonds. The van der Waals surface area contributed by atoms with Crippen molar-refractivity contribution in [2.24, 2.45) is 7.05 Å². The maximum Gasteiger partial charge on any atom is 0.266 e. The van der Waals surface area contributed by atoms with E-state index in [1.165, 1.54) is 23.2 Å². The van der Waals surface area contributed by atoms with Crippen LogP contribution in [0.25, 0.3) is 0 Å². The molecule has 0 aromatic carbocycles. The molecule has 7 nitrogen and oxygen atoms in total. The Hall–Kier alpha value is -2.09. The van der Waals surface area contributed by atoms with Crippen LogP contribution in [0.2, 0.25) is 0 Å². The predicted octanol–water partition coefficient (Wildman–Crippen LogP) is 1.50. The third-order valence-electron chi connectivity index (χ3n) is 4.76. The first-order valence-electron chi connectivity index (χ1n) is 8.61. The zero-order valence-corrected chi connectivity index (χ0v) is 15.4. The van der Waals surface area contributed by atoms with Gasteiger partial charge in [0, 0.05) is 51.3 Å². The van der Waals surface area contributed by atoms with Gasteiger partial charge in [-0.15, -0.1) is 0 Å². The summed E-state index contributed by atoms with van der Waals surface area (Å²) < 4.78 is 1.39. The Labute approximate surface area is 151 Å². The highest BCUT2D eigenvalue weighted by Gasteiger charge is 2.27. The fourth-order valence-corrected chi connectivity index (χ4v) is 3.48. The Morgan fingerprint density at radius 3 is 2.32 bits per heavy atom. The van der Waals surface area contributed by atoms with E-state index in [0.29, 0.717) is 5.92 Å². The van der Waals surface area contributed by atoms with Gasteiger partial charge in [0.15, 0.2) is 5.16 Å². The topological polar surface area (TPSA) is 67.2 Å². The molecule has 0 radical (unpaired) electrons. The lowest BCUT2D eigenvalue weighted by Crippen LogP contribution is -2.47. The van der Waals surface area contributed by atoms with Crippen LogP contribution in [0.4, 0.5) is 11.6 Å². The predicted molar refractivity (Wildman–Crippen MR) is 99.7 cm³/mol. The number of anilines is 2. The van der Waals surface area contributed by atoms with Crippen LogP contribution in [0.1, 0.15) is 24.5 Å². The number of thioether (sulfide) groups is 1. The van der Waals surface area contributed by atoms with Gasteiger partial charge in [-0.05, 0) is 25.2 Å². The number of rotatable bonds is 4. The molecule has 1 saturated carbocycles. The van der Waals surface area contributed by atoms with Gasteiger partial charge in [0.1, 0.15) is 11.6 Å². The highest BCUT2D eigenvalue weighted by molar-refractivity contribution is 7.98. The molecule has 1 saturated heterocycles. The van der Waals surface area contributed by atoms with Crippen molar-refractivity contribution in [1.82, 2.24) is 19.7 Å². The second-order valence-corrected chi connectivity index (χ2v) is 7.31. The largest absolute Gasteiger partial charge is 0.353 e. The zero-order valence-electron chi connectivity index (χ0n) is 14.6. The van der Waals surface area contributed by atoms with Crippen LogP contribution in [-0.4, -0.2) is 52.2 Å². The number of aromatic nitrogens is 4. The first-order valence-corrected chi connectivity index (χ1v) is 9.84. The Kier molecular flexibility index (Phi) is 4.37. The average molecular weight is 358 g/mol. The van der Waals surface area contributed by atoms with Crippen LogP contribution < -0.4 is 15.4 Å². The van der Waals surface area contributed by atoms with Gasteiger partial charge in [-0.1, -0.05) is 11.8 Å². The molecule has 2 fully saturated rings. The Morgan fingerprint density at radius 1 is 1.04 bits per heavy atom. The maximum atomic E-state index is 11.5. The molecule has 1 aliphatic carbocycles. The summed E-state index contributed by atoms with van der Waals surface area (Å²) in [7, 11) is 1.69. The monoisotopic (exact) mass is 358 g/mol.